The largest absolute Gasteiger partial charge is 0.456 e. The Hall–Kier alpha value is -2.16. The van der Waals surface area contributed by atoms with E-state index < -0.39 is 0 Å². The first-order chi connectivity index (χ1) is 8.89. The summed E-state index contributed by atoms with van der Waals surface area (Å²) in [6.07, 6.45) is 0. The molecule has 3 nitrogen and oxygen atoms in total. The van der Waals surface area contributed by atoms with E-state index in [1.54, 1.807) is 30.3 Å². The normalized spacial score (nSPS) is 14.3. The minimum atomic E-state index is -0.232. The summed E-state index contributed by atoms with van der Waals surface area (Å²) in [5.74, 6) is 0.491. The molecule has 0 atom stereocenters. The lowest BCUT2D eigenvalue weighted by molar-refractivity contribution is 0.0958. The number of furan rings is 1. The molecule has 96 valence electrons. The molecule has 1 aliphatic rings. The molecular formula is C16H14O3. The zero-order valence-electron chi connectivity index (χ0n) is 11.1. The van der Waals surface area contributed by atoms with Crippen LogP contribution in [0.4, 0.5) is 0 Å². The van der Waals surface area contributed by atoms with Crippen LogP contribution >= 0.6 is 0 Å². The number of carbonyl (C=O) groups is 2. The van der Waals surface area contributed by atoms with E-state index in [2.05, 4.69) is 0 Å². The maximum Gasteiger partial charge on any atom is 0.229 e. The SMILES string of the molecule is CC(C)(C)c1cc2c(o1)C(=O)c1ccccc1C2=O. The molecule has 0 N–H and O–H groups in total. The van der Waals surface area contributed by atoms with Crippen LogP contribution in [-0.2, 0) is 5.41 Å². The summed E-state index contributed by atoms with van der Waals surface area (Å²) in [6.45, 7) is 5.96. The molecule has 0 bridgehead atoms. The second kappa shape index (κ2) is 3.67. The maximum atomic E-state index is 12.4. The van der Waals surface area contributed by atoms with Crippen molar-refractivity contribution in [1.82, 2.24) is 0 Å². The highest BCUT2D eigenvalue weighted by Gasteiger charge is 2.35. The van der Waals surface area contributed by atoms with Gasteiger partial charge in [0, 0.05) is 16.5 Å². The number of ketones is 2. The molecule has 0 radical (unpaired) electrons. The van der Waals surface area contributed by atoms with E-state index in [9.17, 15) is 9.59 Å². The highest BCUT2D eigenvalue weighted by atomic mass is 16.4. The second-order valence-corrected chi connectivity index (χ2v) is 5.81. The monoisotopic (exact) mass is 254 g/mol. The van der Waals surface area contributed by atoms with Gasteiger partial charge in [-0.2, -0.15) is 0 Å². The molecule has 0 saturated heterocycles. The van der Waals surface area contributed by atoms with Gasteiger partial charge in [0.1, 0.15) is 5.76 Å². The van der Waals surface area contributed by atoms with Crippen molar-refractivity contribution in [2.75, 3.05) is 0 Å². The van der Waals surface area contributed by atoms with Gasteiger partial charge in [-0.15, -0.1) is 0 Å². The molecule has 0 amide bonds. The standard InChI is InChI=1S/C16H14O3/c1-16(2,3)12-8-11-13(17)9-6-4-5-7-10(9)14(18)15(11)19-12/h4-8H,1-3H3. The van der Waals surface area contributed by atoms with Crippen LogP contribution in [0.25, 0.3) is 0 Å². The Bertz CT molecular complexity index is 647. The topological polar surface area (TPSA) is 47.3 Å². The summed E-state index contributed by atoms with van der Waals surface area (Å²) in [6, 6.07) is 8.56. The summed E-state index contributed by atoms with van der Waals surface area (Å²) >= 11 is 0. The molecule has 1 heterocycles. The van der Waals surface area contributed by atoms with Crippen molar-refractivity contribution in [3.63, 3.8) is 0 Å². The van der Waals surface area contributed by atoms with Crippen molar-refractivity contribution in [2.45, 2.75) is 26.2 Å². The molecule has 0 unspecified atom stereocenters. The number of rotatable bonds is 0. The first-order valence-corrected chi connectivity index (χ1v) is 6.22. The zero-order valence-corrected chi connectivity index (χ0v) is 11.1. The minimum absolute atomic E-state index is 0.135. The van der Waals surface area contributed by atoms with Crippen LogP contribution in [0, 0.1) is 0 Å². The Balaban J connectivity index is 2.24. The van der Waals surface area contributed by atoms with Crippen LogP contribution in [0.15, 0.2) is 34.7 Å². The quantitative estimate of drug-likeness (QED) is 0.618. The Morgan fingerprint density at radius 2 is 1.47 bits per heavy atom. The Kier molecular flexibility index (Phi) is 2.30. The zero-order chi connectivity index (χ0) is 13.8. The summed E-state index contributed by atoms with van der Waals surface area (Å²) < 4.78 is 5.64. The summed E-state index contributed by atoms with van der Waals surface area (Å²) in [4.78, 5) is 24.7. The van der Waals surface area contributed by atoms with Crippen molar-refractivity contribution in [2.24, 2.45) is 0 Å². The predicted octanol–water partition coefficient (Wildman–Crippen LogP) is 3.35. The van der Waals surface area contributed by atoms with Crippen molar-refractivity contribution < 1.29 is 14.0 Å². The van der Waals surface area contributed by atoms with Gasteiger partial charge in [0.05, 0.1) is 5.56 Å². The highest BCUT2D eigenvalue weighted by Crippen LogP contribution is 2.33. The average molecular weight is 254 g/mol. The third-order valence-electron chi connectivity index (χ3n) is 3.34. The van der Waals surface area contributed by atoms with Gasteiger partial charge >= 0.3 is 0 Å². The molecule has 3 heteroatoms. The van der Waals surface area contributed by atoms with Gasteiger partial charge in [0.2, 0.25) is 5.78 Å². The number of hydrogen-bond donors (Lipinski definition) is 0. The average Bonchev–Trinajstić information content (AvgIpc) is 2.81. The molecule has 0 saturated carbocycles. The van der Waals surface area contributed by atoms with E-state index >= 15 is 0 Å². The van der Waals surface area contributed by atoms with Gasteiger partial charge in [-0.05, 0) is 6.07 Å². The van der Waals surface area contributed by atoms with Crippen LogP contribution in [0.1, 0.15) is 58.6 Å². The molecule has 1 aromatic heterocycles. The van der Waals surface area contributed by atoms with Gasteiger partial charge in [-0.3, -0.25) is 9.59 Å². The highest BCUT2D eigenvalue weighted by molar-refractivity contribution is 6.27. The number of benzene rings is 1. The summed E-state index contributed by atoms with van der Waals surface area (Å²) in [5, 5.41) is 0. The summed E-state index contributed by atoms with van der Waals surface area (Å²) in [5.41, 5.74) is 1.04. The molecule has 0 fully saturated rings. The Morgan fingerprint density at radius 1 is 0.895 bits per heavy atom. The van der Waals surface area contributed by atoms with E-state index in [4.69, 9.17) is 4.42 Å². The predicted molar refractivity (Wildman–Crippen MR) is 70.7 cm³/mol. The van der Waals surface area contributed by atoms with Crippen molar-refractivity contribution in [3.05, 3.63) is 58.5 Å². The molecule has 1 aliphatic carbocycles. The fraction of sp³-hybridized carbons (Fsp3) is 0.250. The number of carbonyl (C=O) groups excluding carboxylic acids is 2. The first-order valence-electron chi connectivity index (χ1n) is 6.22. The van der Waals surface area contributed by atoms with Crippen LogP contribution in [0.5, 0.6) is 0 Å². The third-order valence-corrected chi connectivity index (χ3v) is 3.34. The van der Waals surface area contributed by atoms with Gasteiger partial charge in [-0.25, -0.2) is 0 Å². The maximum absolute atomic E-state index is 12.4. The van der Waals surface area contributed by atoms with Gasteiger partial charge in [-0.1, -0.05) is 45.0 Å². The van der Waals surface area contributed by atoms with Crippen LogP contribution in [0.2, 0.25) is 0 Å². The van der Waals surface area contributed by atoms with Gasteiger partial charge in [0.15, 0.2) is 11.5 Å². The Morgan fingerprint density at radius 3 is 2.05 bits per heavy atom. The molecule has 2 aromatic rings. The minimum Gasteiger partial charge on any atom is -0.456 e. The van der Waals surface area contributed by atoms with E-state index in [0.29, 0.717) is 22.5 Å². The van der Waals surface area contributed by atoms with Gasteiger partial charge in [0.25, 0.3) is 0 Å². The van der Waals surface area contributed by atoms with Crippen LogP contribution in [0.3, 0.4) is 0 Å². The van der Waals surface area contributed by atoms with Crippen molar-refractivity contribution in [1.29, 1.82) is 0 Å². The second-order valence-electron chi connectivity index (χ2n) is 5.81. The molecule has 0 aliphatic heterocycles. The lowest BCUT2D eigenvalue weighted by Gasteiger charge is -2.14. The number of hydrogen-bond acceptors (Lipinski definition) is 3. The third kappa shape index (κ3) is 1.65. The number of fused-ring (bicyclic) bond motifs is 2. The lowest BCUT2D eigenvalue weighted by atomic mass is 9.87. The van der Waals surface area contributed by atoms with Crippen molar-refractivity contribution in [3.8, 4) is 0 Å². The van der Waals surface area contributed by atoms with E-state index in [0.717, 1.165) is 0 Å². The molecule has 3 rings (SSSR count). The first kappa shape index (κ1) is 11.9. The molecule has 0 spiro atoms. The lowest BCUT2D eigenvalue weighted by Crippen LogP contribution is -2.18. The summed E-state index contributed by atoms with van der Waals surface area (Å²) in [7, 11) is 0. The van der Waals surface area contributed by atoms with E-state index in [-0.39, 0.29) is 22.7 Å². The molecular weight excluding hydrogens is 240 g/mol. The van der Waals surface area contributed by atoms with E-state index in [1.807, 2.05) is 20.8 Å². The smallest absolute Gasteiger partial charge is 0.229 e. The molecule has 19 heavy (non-hydrogen) atoms. The van der Waals surface area contributed by atoms with Crippen LogP contribution < -0.4 is 0 Å². The van der Waals surface area contributed by atoms with Gasteiger partial charge < -0.3 is 4.42 Å². The fourth-order valence-corrected chi connectivity index (χ4v) is 2.24. The Labute approximate surface area is 111 Å². The molecule has 1 aromatic carbocycles. The van der Waals surface area contributed by atoms with E-state index in [1.165, 1.54) is 0 Å². The van der Waals surface area contributed by atoms with Crippen molar-refractivity contribution >= 4 is 11.6 Å². The fourth-order valence-electron chi connectivity index (χ4n) is 2.24. The van der Waals surface area contributed by atoms with Crippen LogP contribution in [-0.4, -0.2) is 11.6 Å².